The van der Waals surface area contributed by atoms with Crippen molar-refractivity contribution >= 4 is 5.96 Å². The van der Waals surface area contributed by atoms with Gasteiger partial charge in [0, 0.05) is 31.4 Å². The van der Waals surface area contributed by atoms with Gasteiger partial charge in [0.25, 0.3) is 5.56 Å². The lowest BCUT2D eigenvalue weighted by atomic mass is 10.2. The van der Waals surface area contributed by atoms with Gasteiger partial charge in [-0.2, -0.15) is 0 Å². The lowest BCUT2D eigenvalue weighted by molar-refractivity contribution is 0.228. The van der Waals surface area contributed by atoms with Crippen LogP contribution in [0.5, 0.6) is 5.75 Å². The number of guanidine groups is 1. The van der Waals surface area contributed by atoms with Crippen LogP contribution in [0.25, 0.3) is 0 Å². The van der Waals surface area contributed by atoms with E-state index in [0.717, 1.165) is 55.4 Å². The molecule has 0 saturated heterocycles. The van der Waals surface area contributed by atoms with Crippen molar-refractivity contribution in [3.63, 3.8) is 0 Å². The fourth-order valence-electron chi connectivity index (χ4n) is 3.02. The van der Waals surface area contributed by atoms with Crippen molar-refractivity contribution in [2.24, 2.45) is 4.99 Å². The van der Waals surface area contributed by atoms with Gasteiger partial charge in [0.2, 0.25) is 0 Å². The highest BCUT2D eigenvalue weighted by atomic mass is 16.5. The molecule has 0 radical (unpaired) electrons. The summed E-state index contributed by atoms with van der Waals surface area (Å²) in [6.45, 7) is 11.0. The van der Waals surface area contributed by atoms with Crippen molar-refractivity contribution in [1.29, 1.82) is 0 Å². The van der Waals surface area contributed by atoms with Gasteiger partial charge in [-0.15, -0.1) is 0 Å². The number of rotatable bonds is 10. The van der Waals surface area contributed by atoms with E-state index in [9.17, 15) is 4.79 Å². The molecule has 2 N–H and O–H groups in total. The predicted molar refractivity (Wildman–Crippen MR) is 120 cm³/mol. The Bertz CT molecular complexity index is 845. The maximum atomic E-state index is 11.9. The summed E-state index contributed by atoms with van der Waals surface area (Å²) in [5.41, 5.74) is 2.19. The van der Waals surface area contributed by atoms with Crippen molar-refractivity contribution in [3.8, 4) is 5.75 Å². The zero-order valence-corrected chi connectivity index (χ0v) is 18.1. The topological polar surface area (TPSA) is 67.7 Å². The van der Waals surface area contributed by atoms with Gasteiger partial charge < -0.3 is 19.9 Å². The molecule has 6 heteroatoms. The molecule has 1 heterocycles. The summed E-state index contributed by atoms with van der Waals surface area (Å²) in [6, 6.07) is 13.4. The monoisotopic (exact) mass is 398 g/mol. The Kier molecular flexibility index (Phi) is 9.28. The quantitative estimate of drug-likeness (QED) is 0.366. The van der Waals surface area contributed by atoms with Gasteiger partial charge in [0.15, 0.2) is 5.96 Å². The Morgan fingerprint density at radius 3 is 2.62 bits per heavy atom. The summed E-state index contributed by atoms with van der Waals surface area (Å²) in [4.78, 5) is 16.5. The largest absolute Gasteiger partial charge is 0.489 e. The number of nitrogens with zero attached hydrogens (tertiary/aromatic N) is 2. The highest BCUT2D eigenvalue weighted by Crippen LogP contribution is 2.17. The Hall–Kier alpha value is -2.76. The third kappa shape index (κ3) is 7.64. The Labute approximate surface area is 174 Å². The third-order valence-electron chi connectivity index (χ3n) is 4.64. The van der Waals surface area contributed by atoms with E-state index >= 15 is 0 Å². The molecule has 0 fully saturated rings. The molecular weight excluding hydrogens is 364 g/mol. The number of para-hydroxylation sites is 1. The smallest absolute Gasteiger partial charge is 0.250 e. The predicted octanol–water partition coefficient (Wildman–Crippen LogP) is 3.27. The van der Waals surface area contributed by atoms with E-state index in [1.807, 2.05) is 55.7 Å². The van der Waals surface area contributed by atoms with Crippen molar-refractivity contribution in [2.45, 2.75) is 53.2 Å². The number of aliphatic imine (C=N–C) groups is 1. The van der Waals surface area contributed by atoms with Crippen LogP contribution in [0.4, 0.5) is 0 Å². The van der Waals surface area contributed by atoms with Gasteiger partial charge >= 0.3 is 0 Å². The van der Waals surface area contributed by atoms with Gasteiger partial charge in [-0.3, -0.25) is 4.79 Å². The van der Waals surface area contributed by atoms with Crippen LogP contribution in [0, 0.1) is 13.8 Å². The van der Waals surface area contributed by atoms with E-state index in [1.54, 1.807) is 12.1 Å². The molecule has 0 amide bonds. The summed E-state index contributed by atoms with van der Waals surface area (Å²) in [5, 5.41) is 6.63. The van der Waals surface area contributed by atoms with Crippen LogP contribution in [0.1, 0.15) is 37.9 Å². The third-order valence-corrected chi connectivity index (χ3v) is 4.64. The van der Waals surface area contributed by atoms with Gasteiger partial charge in [-0.1, -0.05) is 24.3 Å². The maximum Gasteiger partial charge on any atom is 0.250 e. The molecule has 6 nitrogen and oxygen atoms in total. The number of hydrogen-bond donors (Lipinski definition) is 2. The summed E-state index contributed by atoms with van der Waals surface area (Å²) in [6.07, 6.45) is 1.88. The highest BCUT2D eigenvalue weighted by Gasteiger charge is 2.06. The molecule has 2 rings (SSSR count). The number of benzene rings is 1. The van der Waals surface area contributed by atoms with E-state index in [1.165, 1.54) is 0 Å². The molecule has 0 aliphatic heterocycles. The first-order valence-electron chi connectivity index (χ1n) is 10.4. The molecular formula is C23H34N4O2. The lowest BCUT2D eigenvalue weighted by Gasteiger charge is -2.16. The first kappa shape index (κ1) is 22.5. The molecule has 1 aromatic heterocycles. The van der Waals surface area contributed by atoms with Crippen LogP contribution in [0.15, 0.2) is 52.3 Å². The van der Waals surface area contributed by atoms with E-state index in [0.29, 0.717) is 6.54 Å². The number of aryl methyl sites for hydroxylation is 2. The van der Waals surface area contributed by atoms with Crippen LogP contribution in [0.3, 0.4) is 0 Å². The minimum absolute atomic E-state index is 0.0144. The molecule has 1 unspecified atom stereocenters. The molecule has 29 heavy (non-hydrogen) atoms. The molecule has 0 aliphatic rings. The summed E-state index contributed by atoms with van der Waals surface area (Å²) in [7, 11) is 0. The molecule has 0 spiro atoms. The van der Waals surface area contributed by atoms with Crippen molar-refractivity contribution in [3.05, 3.63) is 64.1 Å². The number of aromatic nitrogens is 1. The van der Waals surface area contributed by atoms with Gasteiger partial charge in [-0.05, 0) is 58.2 Å². The minimum atomic E-state index is -0.0144. The van der Waals surface area contributed by atoms with Crippen molar-refractivity contribution in [2.75, 3.05) is 19.6 Å². The normalized spacial score (nSPS) is 12.5. The zero-order valence-electron chi connectivity index (χ0n) is 18.1. The Morgan fingerprint density at radius 2 is 1.90 bits per heavy atom. The molecule has 2 aromatic rings. The second-order valence-electron chi connectivity index (χ2n) is 7.20. The van der Waals surface area contributed by atoms with Gasteiger partial charge in [0.1, 0.15) is 11.9 Å². The zero-order chi connectivity index (χ0) is 21.1. The van der Waals surface area contributed by atoms with Crippen molar-refractivity contribution < 1.29 is 4.74 Å². The van der Waals surface area contributed by atoms with Gasteiger partial charge in [0.05, 0.1) is 6.54 Å². The Morgan fingerprint density at radius 1 is 1.10 bits per heavy atom. The van der Waals surface area contributed by atoms with Crippen LogP contribution >= 0.6 is 0 Å². The number of ether oxygens (including phenoxy) is 1. The fraction of sp³-hybridized carbons (Fsp3) is 0.478. The second-order valence-corrected chi connectivity index (χ2v) is 7.20. The molecule has 0 saturated carbocycles. The van der Waals surface area contributed by atoms with E-state index < -0.39 is 0 Å². The SMILES string of the molecule is CCNC(=NCC(C)Oc1ccccc1C)NCCCCn1c(C)cccc1=O. The van der Waals surface area contributed by atoms with Crippen molar-refractivity contribution in [1.82, 2.24) is 15.2 Å². The molecule has 0 aliphatic carbocycles. The van der Waals surface area contributed by atoms with Crippen LogP contribution < -0.4 is 20.9 Å². The van der Waals surface area contributed by atoms with Crippen LogP contribution in [0.2, 0.25) is 0 Å². The first-order chi connectivity index (χ1) is 14.0. The van der Waals surface area contributed by atoms with Crippen LogP contribution in [-0.2, 0) is 6.54 Å². The summed E-state index contributed by atoms with van der Waals surface area (Å²) in [5.74, 6) is 1.69. The summed E-state index contributed by atoms with van der Waals surface area (Å²) >= 11 is 0. The molecule has 1 atom stereocenters. The number of hydrogen-bond acceptors (Lipinski definition) is 3. The highest BCUT2D eigenvalue weighted by molar-refractivity contribution is 5.79. The maximum absolute atomic E-state index is 11.9. The first-order valence-corrected chi connectivity index (χ1v) is 10.4. The number of unbranched alkanes of at least 4 members (excludes halogenated alkanes) is 1. The standard InChI is InChI=1S/C23H34N4O2/c1-5-24-23(26-17-20(4)29-21-13-7-6-11-18(21)2)25-15-8-9-16-27-19(3)12-10-14-22(27)28/h6-7,10-14,20H,5,8-9,15-17H2,1-4H3,(H2,24,25,26). The average molecular weight is 399 g/mol. The summed E-state index contributed by atoms with van der Waals surface area (Å²) < 4.78 is 7.82. The van der Waals surface area contributed by atoms with E-state index in [-0.39, 0.29) is 11.7 Å². The van der Waals surface area contributed by atoms with Gasteiger partial charge in [-0.25, -0.2) is 4.99 Å². The fourth-order valence-corrected chi connectivity index (χ4v) is 3.02. The van der Waals surface area contributed by atoms with E-state index in [2.05, 4.69) is 22.5 Å². The molecule has 1 aromatic carbocycles. The lowest BCUT2D eigenvalue weighted by Crippen LogP contribution is -2.38. The second kappa shape index (κ2) is 11.9. The average Bonchev–Trinajstić information content (AvgIpc) is 2.69. The molecule has 0 bridgehead atoms. The molecule has 158 valence electrons. The number of nitrogens with one attached hydrogen (secondary N) is 2. The Balaban J connectivity index is 1.77. The number of pyridine rings is 1. The minimum Gasteiger partial charge on any atom is -0.489 e. The van der Waals surface area contributed by atoms with Crippen LogP contribution in [-0.4, -0.2) is 36.3 Å². The van der Waals surface area contributed by atoms with E-state index in [4.69, 9.17) is 4.74 Å².